The van der Waals surface area contributed by atoms with Gasteiger partial charge in [-0.05, 0) is 13.0 Å². The van der Waals surface area contributed by atoms with E-state index >= 15 is 0 Å². The predicted octanol–water partition coefficient (Wildman–Crippen LogP) is 2.03. The highest BCUT2D eigenvalue weighted by Crippen LogP contribution is 2.13. The molecule has 12 heavy (non-hydrogen) atoms. The van der Waals surface area contributed by atoms with E-state index in [1.807, 2.05) is 0 Å². The Morgan fingerprint density at radius 1 is 1.58 bits per heavy atom. The van der Waals surface area contributed by atoms with Crippen molar-refractivity contribution in [2.24, 2.45) is 0 Å². The molecule has 2 aromatic heterocycles. The van der Waals surface area contributed by atoms with Crippen LogP contribution in [0.25, 0.3) is 11.1 Å². The Balaban J connectivity index is 2.68. The quantitative estimate of drug-likeness (QED) is 0.601. The van der Waals surface area contributed by atoms with E-state index < -0.39 is 0 Å². The van der Waals surface area contributed by atoms with Crippen molar-refractivity contribution in [1.82, 2.24) is 4.98 Å². The second-order valence-corrected chi connectivity index (χ2v) is 2.58. The normalized spacial score (nSPS) is 10.4. The summed E-state index contributed by atoms with van der Waals surface area (Å²) < 4.78 is 5.09. The van der Waals surface area contributed by atoms with Crippen molar-refractivity contribution < 1.29 is 9.21 Å². The second-order valence-electron chi connectivity index (χ2n) is 2.58. The van der Waals surface area contributed by atoms with Gasteiger partial charge in [0.15, 0.2) is 11.4 Å². The smallest absolute Gasteiger partial charge is 0.161 e. The molecule has 0 amide bonds. The molecule has 0 saturated carbocycles. The first kappa shape index (κ1) is 7.03. The molecule has 3 nitrogen and oxygen atoms in total. The molecule has 0 fully saturated rings. The lowest BCUT2D eigenvalue weighted by Crippen LogP contribution is -1.91. The van der Waals surface area contributed by atoms with Crippen LogP contribution in [0.3, 0.4) is 0 Å². The van der Waals surface area contributed by atoms with Crippen molar-refractivity contribution in [3.8, 4) is 0 Å². The molecule has 2 rings (SSSR count). The van der Waals surface area contributed by atoms with Crippen molar-refractivity contribution in [2.75, 3.05) is 0 Å². The van der Waals surface area contributed by atoms with Gasteiger partial charge in [0.05, 0.1) is 6.26 Å². The molecule has 0 spiro atoms. The molecule has 0 aliphatic heterocycles. The minimum Gasteiger partial charge on any atom is -0.463 e. The van der Waals surface area contributed by atoms with Crippen LogP contribution in [0.4, 0.5) is 0 Å². The molecule has 2 heterocycles. The molecule has 0 aliphatic rings. The fourth-order valence-corrected chi connectivity index (χ4v) is 1.04. The molecule has 0 radical (unpaired) electrons. The van der Waals surface area contributed by atoms with E-state index in [9.17, 15) is 4.79 Å². The summed E-state index contributed by atoms with van der Waals surface area (Å²) in [7, 11) is 0. The van der Waals surface area contributed by atoms with Crippen LogP contribution >= 0.6 is 0 Å². The summed E-state index contributed by atoms with van der Waals surface area (Å²) in [5.41, 5.74) is 2.01. The maximum Gasteiger partial charge on any atom is 0.161 e. The van der Waals surface area contributed by atoms with E-state index in [-0.39, 0.29) is 5.78 Å². The van der Waals surface area contributed by atoms with E-state index in [2.05, 4.69) is 4.98 Å². The third-order valence-corrected chi connectivity index (χ3v) is 1.71. The zero-order valence-corrected chi connectivity index (χ0v) is 6.57. The third kappa shape index (κ3) is 0.993. The number of aromatic nitrogens is 1. The van der Waals surface area contributed by atoms with Gasteiger partial charge in [-0.25, -0.2) is 0 Å². The number of hydrogen-bond acceptors (Lipinski definition) is 3. The topological polar surface area (TPSA) is 43.1 Å². The largest absolute Gasteiger partial charge is 0.463 e. The first-order valence-corrected chi connectivity index (χ1v) is 3.61. The first-order chi connectivity index (χ1) is 5.77. The van der Waals surface area contributed by atoms with Crippen LogP contribution in [0.1, 0.15) is 17.3 Å². The van der Waals surface area contributed by atoms with Crippen LogP contribution in [0.15, 0.2) is 29.0 Å². The average Bonchev–Trinajstić information content (AvgIpc) is 2.49. The molecule has 2 aromatic rings. The summed E-state index contributed by atoms with van der Waals surface area (Å²) in [6.07, 6.45) is 3.11. The van der Waals surface area contributed by atoms with Crippen molar-refractivity contribution in [1.29, 1.82) is 0 Å². The third-order valence-electron chi connectivity index (χ3n) is 1.71. The summed E-state index contributed by atoms with van der Waals surface area (Å²) in [6, 6.07) is 3.46. The maximum atomic E-state index is 10.9. The van der Waals surface area contributed by atoms with Crippen LogP contribution in [0.5, 0.6) is 0 Å². The number of ketones is 1. The number of pyridine rings is 1. The van der Waals surface area contributed by atoms with Crippen molar-refractivity contribution in [3.63, 3.8) is 0 Å². The van der Waals surface area contributed by atoms with E-state index in [1.54, 1.807) is 24.6 Å². The fraction of sp³-hybridized carbons (Fsp3) is 0.111. The van der Waals surface area contributed by atoms with Crippen LogP contribution in [-0.4, -0.2) is 10.8 Å². The van der Waals surface area contributed by atoms with E-state index in [1.165, 1.54) is 6.92 Å². The number of nitrogens with zero attached hydrogens (tertiary/aromatic N) is 1. The van der Waals surface area contributed by atoms with Gasteiger partial charge in [0.25, 0.3) is 0 Å². The number of Topliss-reactive ketones (excluding diaryl/α,β-unsaturated/α-hetero) is 1. The molecule has 0 N–H and O–H groups in total. The van der Waals surface area contributed by atoms with Crippen LogP contribution < -0.4 is 0 Å². The van der Waals surface area contributed by atoms with Gasteiger partial charge in [0, 0.05) is 17.8 Å². The number of carbonyl (C=O) groups is 1. The SMILES string of the molecule is CC(=O)c1cnc2ccoc2c1. The minimum atomic E-state index is 0.000741. The lowest BCUT2D eigenvalue weighted by molar-refractivity contribution is 0.101. The van der Waals surface area contributed by atoms with Crippen LogP contribution in [0, 0.1) is 0 Å². The molecule has 0 aromatic carbocycles. The van der Waals surface area contributed by atoms with Gasteiger partial charge in [-0.3, -0.25) is 9.78 Å². The molecule has 0 unspecified atom stereocenters. The van der Waals surface area contributed by atoms with Crippen molar-refractivity contribution in [2.45, 2.75) is 6.92 Å². The van der Waals surface area contributed by atoms with Crippen molar-refractivity contribution >= 4 is 16.9 Å². The van der Waals surface area contributed by atoms with Crippen LogP contribution in [0.2, 0.25) is 0 Å². The van der Waals surface area contributed by atoms with Gasteiger partial charge < -0.3 is 4.42 Å². The molecule has 0 aliphatic carbocycles. The van der Waals surface area contributed by atoms with Gasteiger partial charge in [-0.1, -0.05) is 0 Å². The highest BCUT2D eigenvalue weighted by molar-refractivity contribution is 5.96. The summed E-state index contributed by atoms with van der Waals surface area (Å²) >= 11 is 0. The van der Waals surface area contributed by atoms with Gasteiger partial charge in [-0.15, -0.1) is 0 Å². The number of fused-ring (bicyclic) bond motifs is 1. The zero-order valence-electron chi connectivity index (χ0n) is 6.57. The standard InChI is InChI=1S/C9H7NO2/c1-6(11)7-4-9-8(10-5-7)2-3-12-9/h2-5H,1H3. The Labute approximate surface area is 69.0 Å². The van der Waals surface area contributed by atoms with Gasteiger partial charge in [0.1, 0.15) is 5.52 Å². The monoisotopic (exact) mass is 161 g/mol. The summed E-state index contributed by atoms with van der Waals surface area (Å²) in [6.45, 7) is 1.51. The molecule has 0 atom stereocenters. The Morgan fingerprint density at radius 3 is 3.17 bits per heavy atom. The lowest BCUT2D eigenvalue weighted by atomic mass is 10.2. The second kappa shape index (κ2) is 2.44. The van der Waals surface area contributed by atoms with E-state index in [0.29, 0.717) is 11.1 Å². The lowest BCUT2D eigenvalue weighted by Gasteiger charge is -1.92. The predicted molar refractivity (Wildman–Crippen MR) is 44.0 cm³/mol. The number of furan rings is 1. The number of hydrogen-bond donors (Lipinski definition) is 0. The summed E-state index contributed by atoms with van der Waals surface area (Å²) in [5, 5.41) is 0. The molecule has 0 saturated heterocycles. The molecule has 0 bridgehead atoms. The van der Waals surface area contributed by atoms with Gasteiger partial charge in [0.2, 0.25) is 0 Å². The average molecular weight is 161 g/mol. The van der Waals surface area contributed by atoms with Gasteiger partial charge in [-0.2, -0.15) is 0 Å². The number of carbonyl (C=O) groups excluding carboxylic acids is 1. The number of rotatable bonds is 1. The molecular weight excluding hydrogens is 154 g/mol. The maximum absolute atomic E-state index is 10.9. The van der Waals surface area contributed by atoms with E-state index in [4.69, 9.17) is 4.42 Å². The molecular formula is C9H7NO2. The highest BCUT2D eigenvalue weighted by atomic mass is 16.3. The Hall–Kier alpha value is -1.64. The zero-order chi connectivity index (χ0) is 8.55. The molecule has 60 valence electrons. The van der Waals surface area contributed by atoms with E-state index in [0.717, 1.165) is 5.52 Å². The van der Waals surface area contributed by atoms with Crippen molar-refractivity contribution in [3.05, 3.63) is 30.2 Å². The highest BCUT2D eigenvalue weighted by Gasteiger charge is 2.02. The Morgan fingerprint density at radius 2 is 2.42 bits per heavy atom. The minimum absolute atomic E-state index is 0.000741. The fourth-order valence-electron chi connectivity index (χ4n) is 1.04. The summed E-state index contributed by atoms with van der Waals surface area (Å²) in [5.74, 6) is 0.000741. The van der Waals surface area contributed by atoms with Crippen LogP contribution in [-0.2, 0) is 0 Å². The Bertz CT molecular complexity index is 431. The first-order valence-electron chi connectivity index (χ1n) is 3.61. The summed E-state index contributed by atoms with van der Waals surface area (Å²) in [4.78, 5) is 15.0. The molecule has 3 heteroatoms. The Kier molecular flexibility index (Phi) is 1.43. The van der Waals surface area contributed by atoms with Gasteiger partial charge >= 0.3 is 0 Å².